The molecule has 2 saturated heterocycles. The number of guanidine groups is 1. The van der Waals surface area contributed by atoms with Gasteiger partial charge in [-0.25, -0.2) is 17.1 Å². The highest BCUT2D eigenvalue weighted by atomic mass is 127. The lowest BCUT2D eigenvalue weighted by Gasteiger charge is -2.37. The van der Waals surface area contributed by atoms with Gasteiger partial charge in [-0.3, -0.25) is 4.99 Å². The van der Waals surface area contributed by atoms with Crippen molar-refractivity contribution in [2.75, 3.05) is 63.0 Å². The van der Waals surface area contributed by atoms with Crippen molar-refractivity contribution in [3.05, 3.63) is 30.1 Å². The van der Waals surface area contributed by atoms with Crippen LogP contribution in [0.15, 0.2) is 29.3 Å². The number of halogens is 2. The molecule has 1 N–H and O–H groups in total. The number of hydrogen-bond acceptors (Lipinski definition) is 4. The average Bonchev–Trinajstić information content (AvgIpc) is 3.00. The van der Waals surface area contributed by atoms with Crippen LogP contribution in [0.3, 0.4) is 0 Å². The van der Waals surface area contributed by atoms with Gasteiger partial charge in [0.15, 0.2) is 5.96 Å². The quantitative estimate of drug-likeness (QED) is 0.359. The molecule has 0 bridgehead atoms. The molecule has 2 aliphatic rings. The van der Waals surface area contributed by atoms with Crippen molar-refractivity contribution in [1.82, 2.24) is 14.5 Å². The summed E-state index contributed by atoms with van der Waals surface area (Å²) >= 11 is 0. The topological polar surface area (TPSA) is 68.2 Å². The number of benzene rings is 1. The Morgan fingerprint density at radius 1 is 1.14 bits per heavy atom. The molecule has 2 aliphatic heterocycles. The largest absolute Gasteiger partial charge is 0.368 e. The predicted octanol–water partition coefficient (Wildman–Crippen LogP) is 1.57. The van der Waals surface area contributed by atoms with Crippen LogP contribution in [0.25, 0.3) is 0 Å². The van der Waals surface area contributed by atoms with E-state index in [2.05, 4.69) is 20.1 Å². The SMILES string of the molecule is CCNC(=NCCN1CCCS1(=O)=O)N1CCN(c2ccc(F)cc2)CC1.I. The number of sulfonamides is 1. The summed E-state index contributed by atoms with van der Waals surface area (Å²) in [4.78, 5) is 9.06. The maximum absolute atomic E-state index is 13.1. The fourth-order valence-corrected chi connectivity index (χ4v) is 4.98. The van der Waals surface area contributed by atoms with Crippen molar-refractivity contribution in [1.29, 1.82) is 0 Å². The molecule has 0 saturated carbocycles. The van der Waals surface area contributed by atoms with Gasteiger partial charge in [0.1, 0.15) is 5.82 Å². The number of hydrogen-bond donors (Lipinski definition) is 1. The van der Waals surface area contributed by atoms with Crippen LogP contribution in [-0.4, -0.2) is 81.7 Å². The molecule has 0 amide bonds. The zero-order valence-electron chi connectivity index (χ0n) is 16.2. The molecule has 0 aromatic heterocycles. The zero-order chi connectivity index (χ0) is 19.3. The van der Waals surface area contributed by atoms with E-state index in [1.807, 2.05) is 6.92 Å². The second-order valence-electron chi connectivity index (χ2n) is 6.75. The lowest BCUT2D eigenvalue weighted by molar-refractivity contribution is 0.371. The highest BCUT2D eigenvalue weighted by molar-refractivity contribution is 14.0. The van der Waals surface area contributed by atoms with Crippen LogP contribution in [0.5, 0.6) is 0 Å². The number of piperazine rings is 1. The standard InChI is InChI=1S/C18H28FN5O2S.HI/c1-2-20-18(21-8-10-24-9-3-15-27(24,25)26)23-13-11-22(12-14-23)17-6-4-16(19)5-7-17;/h4-7H,2-3,8-15H2,1H3,(H,20,21);1H. The normalized spacial score (nSPS) is 20.1. The molecular weight excluding hydrogens is 496 g/mol. The molecule has 10 heteroatoms. The first-order chi connectivity index (χ1) is 13.0. The van der Waals surface area contributed by atoms with E-state index >= 15 is 0 Å². The number of aliphatic imine (C=N–C) groups is 1. The van der Waals surface area contributed by atoms with Crippen LogP contribution >= 0.6 is 24.0 Å². The van der Waals surface area contributed by atoms with Crippen molar-refractivity contribution in [2.24, 2.45) is 4.99 Å². The van der Waals surface area contributed by atoms with E-state index in [4.69, 9.17) is 0 Å². The fourth-order valence-electron chi connectivity index (χ4n) is 3.46. The fraction of sp³-hybridized carbons (Fsp3) is 0.611. The Hall–Kier alpha value is -1.14. The van der Waals surface area contributed by atoms with Gasteiger partial charge in [-0.2, -0.15) is 0 Å². The first kappa shape index (κ1) is 23.1. The molecule has 0 atom stereocenters. The van der Waals surface area contributed by atoms with Gasteiger partial charge in [-0.05, 0) is 37.6 Å². The van der Waals surface area contributed by atoms with Crippen LogP contribution in [0, 0.1) is 5.82 Å². The summed E-state index contributed by atoms with van der Waals surface area (Å²) in [5.74, 6) is 0.856. The van der Waals surface area contributed by atoms with Gasteiger partial charge in [0.05, 0.1) is 12.3 Å². The molecule has 0 unspecified atom stereocenters. The van der Waals surface area contributed by atoms with Gasteiger partial charge in [-0.15, -0.1) is 24.0 Å². The van der Waals surface area contributed by atoms with Gasteiger partial charge < -0.3 is 15.1 Å². The Labute approximate surface area is 184 Å². The third-order valence-electron chi connectivity index (χ3n) is 4.92. The molecule has 0 aliphatic carbocycles. The number of nitrogens with zero attached hydrogens (tertiary/aromatic N) is 4. The summed E-state index contributed by atoms with van der Waals surface area (Å²) in [7, 11) is -3.07. The third kappa shape index (κ3) is 5.93. The maximum Gasteiger partial charge on any atom is 0.214 e. The van der Waals surface area contributed by atoms with Gasteiger partial charge in [-0.1, -0.05) is 0 Å². The maximum atomic E-state index is 13.1. The molecule has 28 heavy (non-hydrogen) atoms. The molecule has 0 radical (unpaired) electrons. The van der Waals surface area contributed by atoms with E-state index in [1.54, 1.807) is 12.1 Å². The molecule has 7 nitrogen and oxygen atoms in total. The van der Waals surface area contributed by atoms with Crippen LogP contribution in [0.2, 0.25) is 0 Å². The molecular formula is C18H29FIN5O2S. The molecule has 1 aromatic carbocycles. The molecule has 2 fully saturated rings. The first-order valence-corrected chi connectivity index (χ1v) is 11.1. The number of nitrogens with one attached hydrogen (secondary N) is 1. The van der Waals surface area contributed by atoms with E-state index in [9.17, 15) is 12.8 Å². The lowest BCUT2D eigenvalue weighted by Crippen LogP contribution is -2.52. The van der Waals surface area contributed by atoms with Crippen LogP contribution in [0.4, 0.5) is 10.1 Å². The van der Waals surface area contributed by atoms with E-state index in [-0.39, 0.29) is 35.5 Å². The minimum absolute atomic E-state index is 0. The Morgan fingerprint density at radius 2 is 1.82 bits per heavy atom. The molecule has 0 spiro atoms. The monoisotopic (exact) mass is 525 g/mol. The Balaban J connectivity index is 0.00000280. The minimum atomic E-state index is -3.07. The van der Waals surface area contributed by atoms with Gasteiger partial charge in [0.25, 0.3) is 0 Å². The Morgan fingerprint density at radius 3 is 2.39 bits per heavy atom. The van der Waals surface area contributed by atoms with Crippen LogP contribution in [-0.2, 0) is 10.0 Å². The summed E-state index contributed by atoms with van der Waals surface area (Å²) in [6.07, 6.45) is 0.706. The third-order valence-corrected chi connectivity index (χ3v) is 6.88. The lowest BCUT2D eigenvalue weighted by atomic mass is 10.2. The van der Waals surface area contributed by atoms with Crippen molar-refractivity contribution >= 4 is 45.6 Å². The highest BCUT2D eigenvalue weighted by Gasteiger charge is 2.27. The van der Waals surface area contributed by atoms with E-state index < -0.39 is 10.0 Å². The second kappa shape index (κ2) is 10.6. The van der Waals surface area contributed by atoms with Crippen molar-refractivity contribution in [2.45, 2.75) is 13.3 Å². The average molecular weight is 525 g/mol. The van der Waals surface area contributed by atoms with Crippen LogP contribution < -0.4 is 10.2 Å². The van der Waals surface area contributed by atoms with Crippen LogP contribution in [0.1, 0.15) is 13.3 Å². The number of rotatable bonds is 5. The smallest absolute Gasteiger partial charge is 0.214 e. The molecule has 158 valence electrons. The summed E-state index contributed by atoms with van der Waals surface area (Å²) in [6, 6.07) is 6.58. The summed E-state index contributed by atoms with van der Waals surface area (Å²) in [5, 5.41) is 3.30. The Bertz CT molecular complexity index is 752. The van der Waals surface area contributed by atoms with Crippen molar-refractivity contribution < 1.29 is 12.8 Å². The highest BCUT2D eigenvalue weighted by Crippen LogP contribution is 2.17. The van der Waals surface area contributed by atoms with Gasteiger partial charge in [0, 0.05) is 51.5 Å². The predicted molar refractivity (Wildman–Crippen MR) is 122 cm³/mol. The molecule has 1 aromatic rings. The zero-order valence-corrected chi connectivity index (χ0v) is 19.3. The summed E-state index contributed by atoms with van der Waals surface area (Å²) in [5.41, 5.74) is 1.03. The summed E-state index contributed by atoms with van der Waals surface area (Å²) < 4.78 is 38.4. The first-order valence-electron chi connectivity index (χ1n) is 9.51. The number of anilines is 1. The Kier molecular flexibility index (Phi) is 8.75. The van der Waals surface area contributed by atoms with E-state index in [0.29, 0.717) is 26.1 Å². The second-order valence-corrected chi connectivity index (χ2v) is 8.84. The van der Waals surface area contributed by atoms with Gasteiger partial charge in [0.2, 0.25) is 10.0 Å². The molecule has 3 rings (SSSR count). The minimum Gasteiger partial charge on any atom is -0.368 e. The van der Waals surface area contributed by atoms with E-state index in [1.165, 1.54) is 16.4 Å². The van der Waals surface area contributed by atoms with E-state index in [0.717, 1.165) is 44.4 Å². The molecule has 2 heterocycles. The van der Waals surface area contributed by atoms with Crippen molar-refractivity contribution in [3.8, 4) is 0 Å². The van der Waals surface area contributed by atoms with Crippen molar-refractivity contribution in [3.63, 3.8) is 0 Å². The summed E-state index contributed by atoms with van der Waals surface area (Å²) in [6.45, 7) is 7.56. The van der Waals surface area contributed by atoms with Gasteiger partial charge >= 0.3 is 0 Å².